The Morgan fingerprint density at radius 1 is 1.33 bits per heavy atom. The van der Waals surface area contributed by atoms with Crippen LogP contribution in [0.2, 0.25) is 0 Å². The van der Waals surface area contributed by atoms with Crippen LogP contribution in [0.3, 0.4) is 0 Å². The third kappa shape index (κ3) is 3.80. The van der Waals surface area contributed by atoms with Gasteiger partial charge in [-0.15, -0.1) is 13.2 Å². The van der Waals surface area contributed by atoms with E-state index >= 15 is 0 Å². The maximum atomic E-state index is 12.5. The lowest BCUT2D eigenvalue weighted by atomic mass is 9.90. The van der Waals surface area contributed by atoms with Crippen molar-refractivity contribution in [1.82, 2.24) is 5.43 Å². The van der Waals surface area contributed by atoms with Crippen molar-refractivity contribution in [1.29, 1.82) is 0 Å². The number of ether oxygens (including phenoxy) is 2. The highest BCUT2D eigenvalue weighted by Crippen LogP contribution is 2.34. The lowest BCUT2D eigenvalue weighted by molar-refractivity contribution is -0.275. The standard InChI is InChI=1S/C14H17F3N2O2/c1-3-9-6-7-18-19-13(9)10-4-5-11(20-2)12(8-10)21-14(15,16)17/h4-5,8-9,18H,3,6-7H2,1-2H3. The normalized spacial score (nSPS) is 18.7. The fourth-order valence-corrected chi connectivity index (χ4v) is 2.35. The van der Waals surface area contributed by atoms with Gasteiger partial charge in [-0.1, -0.05) is 6.92 Å². The maximum absolute atomic E-state index is 12.5. The van der Waals surface area contributed by atoms with Crippen LogP contribution in [0.5, 0.6) is 11.5 Å². The molecule has 116 valence electrons. The number of nitrogens with one attached hydrogen (secondary N) is 1. The van der Waals surface area contributed by atoms with E-state index in [0.29, 0.717) is 5.56 Å². The van der Waals surface area contributed by atoms with E-state index in [4.69, 9.17) is 4.74 Å². The van der Waals surface area contributed by atoms with E-state index in [1.165, 1.54) is 19.2 Å². The van der Waals surface area contributed by atoms with E-state index in [9.17, 15) is 13.2 Å². The van der Waals surface area contributed by atoms with Gasteiger partial charge in [-0.05, 0) is 31.0 Å². The number of halogens is 3. The van der Waals surface area contributed by atoms with Gasteiger partial charge in [0.1, 0.15) is 0 Å². The number of nitrogens with zero attached hydrogens (tertiary/aromatic N) is 1. The fraction of sp³-hybridized carbons (Fsp3) is 0.500. The van der Waals surface area contributed by atoms with Crippen LogP contribution in [0.25, 0.3) is 0 Å². The van der Waals surface area contributed by atoms with E-state index in [1.807, 2.05) is 6.92 Å². The fourth-order valence-electron chi connectivity index (χ4n) is 2.35. The van der Waals surface area contributed by atoms with Crippen LogP contribution in [0.4, 0.5) is 13.2 Å². The molecule has 1 unspecified atom stereocenters. The summed E-state index contributed by atoms with van der Waals surface area (Å²) in [7, 11) is 1.30. The van der Waals surface area contributed by atoms with Crippen molar-refractivity contribution in [3.8, 4) is 11.5 Å². The third-order valence-electron chi connectivity index (χ3n) is 3.37. The van der Waals surface area contributed by atoms with Crippen molar-refractivity contribution in [2.75, 3.05) is 13.7 Å². The van der Waals surface area contributed by atoms with E-state index in [2.05, 4.69) is 15.3 Å². The summed E-state index contributed by atoms with van der Waals surface area (Å²) in [4.78, 5) is 0. The van der Waals surface area contributed by atoms with Crippen LogP contribution in [0, 0.1) is 5.92 Å². The molecule has 1 aromatic rings. The summed E-state index contributed by atoms with van der Waals surface area (Å²) in [5.41, 5.74) is 4.24. The van der Waals surface area contributed by atoms with E-state index in [-0.39, 0.29) is 17.4 Å². The largest absolute Gasteiger partial charge is 0.573 e. The monoisotopic (exact) mass is 302 g/mol. The first kappa shape index (κ1) is 15.5. The minimum Gasteiger partial charge on any atom is -0.493 e. The number of hydrogen-bond acceptors (Lipinski definition) is 4. The molecule has 0 amide bonds. The second-order valence-electron chi connectivity index (χ2n) is 4.71. The summed E-state index contributed by atoms with van der Waals surface area (Å²) < 4.78 is 46.3. The molecule has 0 aliphatic carbocycles. The molecule has 0 fully saturated rings. The van der Waals surface area contributed by atoms with Gasteiger partial charge in [-0.2, -0.15) is 5.10 Å². The van der Waals surface area contributed by atoms with Crippen LogP contribution in [-0.4, -0.2) is 25.7 Å². The van der Waals surface area contributed by atoms with Crippen LogP contribution in [0.15, 0.2) is 23.3 Å². The van der Waals surface area contributed by atoms with Gasteiger partial charge in [0.05, 0.1) is 12.8 Å². The van der Waals surface area contributed by atoms with Crippen molar-refractivity contribution >= 4 is 5.71 Å². The summed E-state index contributed by atoms with van der Waals surface area (Å²) in [5, 5.41) is 4.23. The van der Waals surface area contributed by atoms with Crippen molar-refractivity contribution in [3.63, 3.8) is 0 Å². The Bertz CT molecular complexity index is 529. The Kier molecular flexibility index (Phi) is 4.59. The Morgan fingerprint density at radius 3 is 2.71 bits per heavy atom. The maximum Gasteiger partial charge on any atom is 0.573 e. The minimum atomic E-state index is -4.76. The molecule has 0 aromatic heterocycles. The topological polar surface area (TPSA) is 42.9 Å². The van der Waals surface area contributed by atoms with Gasteiger partial charge in [-0.25, -0.2) is 0 Å². The van der Waals surface area contributed by atoms with Crippen LogP contribution >= 0.6 is 0 Å². The molecule has 21 heavy (non-hydrogen) atoms. The lowest BCUT2D eigenvalue weighted by Gasteiger charge is -2.23. The number of hydrogen-bond donors (Lipinski definition) is 1. The molecule has 0 spiro atoms. The quantitative estimate of drug-likeness (QED) is 0.928. The highest BCUT2D eigenvalue weighted by atomic mass is 19.4. The van der Waals surface area contributed by atoms with Crippen molar-refractivity contribution in [3.05, 3.63) is 23.8 Å². The number of hydrazone groups is 1. The minimum absolute atomic E-state index is 0.0356. The van der Waals surface area contributed by atoms with Gasteiger partial charge in [0.25, 0.3) is 0 Å². The number of benzene rings is 1. The predicted octanol–water partition coefficient (Wildman–Crippen LogP) is 3.32. The second kappa shape index (κ2) is 6.24. The second-order valence-corrected chi connectivity index (χ2v) is 4.71. The van der Waals surface area contributed by atoms with Crippen molar-refractivity contribution < 1.29 is 22.6 Å². The van der Waals surface area contributed by atoms with Crippen molar-refractivity contribution in [2.24, 2.45) is 11.0 Å². The molecule has 7 heteroatoms. The summed E-state index contributed by atoms with van der Waals surface area (Å²) in [6, 6.07) is 4.47. The smallest absolute Gasteiger partial charge is 0.493 e. The first-order valence-electron chi connectivity index (χ1n) is 6.69. The Balaban J connectivity index is 2.37. The first-order valence-corrected chi connectivity index (χ1v) is 6.69. The van der Waals surface area contributed by atoms with Crippen molar-refractivity contribution in [2.45, 2.75) is 26.1 Å². The Morgan fingerprint density at radius 2 is 2.10 bits per heavy atom. The number of rotatable bonds is 4. The molecule has 0 radical (unpaired) electrons. The molecule has 0 bridgehead atoms. The summed E-state index contributed by atoms with van der Waals surface area (Å²) >= 11 is 0. The molecule has 1 aromatic carbocycles. The lowest BCUT2D eigenvalue weighted by Crippen LogP contribution is -2.28. The average molecular weight is 302 g/mol. The molecular formula is C14H17F3N2O2. The van der Waals surface area contributed by atoms with Gasteiger partial charge >= 0.3 is 6.36 Å². The van der Waals surface area contributed by atoms with E-state index < -0.39 is 6.36 Å². The molecular weight excluding hydrogens is 285 g/mol. The van der Waals surface area contributed by atoms with Crippen LogP contribution in [0.1, 0.15) is 25.3 Å². The summed E-state index contributed by atoms with van der Waals surface area (Å²) in [6.07, 6.45) is -2.98. The van der Waals surface area contributed by atoms with E-state index in [0.717, 1.165) is 25.1 Å². The predicted molar refractivity (Wildman–Crippen MR) is 72.6 cm³/mol. The molecule has 1 heterocycles. The molecule has 0 saturated heterocycles. The molecule has 1 aliphatic rings. The Labute approximate surface area is 120 Å². The highest BCUT2D eigenvalue weighted by molar-refractivity contribution is 6.02. The van der Waals surface area contributed by atoms with Crippen LogP contribution in [-0.2, 0) is 0 Å². The molecule has 4 nitrogen and oxygen atoms in total. The number of alkyl halides is 3. The molecule has 1 aliphatic heterocycles. The molecule has 1 atom stereocenters. The van der Waals surface area contributed by atoms with Gasteiger partial charge in [0, 0.05) is 18.0 Å². The van der Waals surface area contributed by atoms with Gasteiger partial charge in [0.2, 0.25) is 0 Å². The number of methoxy groups -OCH3 is 1. The zero-order valence-electron chi connectivity index (χ0n) is 11.8. The third-order valence-corrected chi connectivity index (χ3v) is 3.37. The summed E-state index contributed by atoms with van der Waals surface area (Å²) in [5.74, 6) is -0.0995. The highest BCUT2D eigenvalue weighted by Gasteiger charge is 2.33. The Hall–Kier alpha value is -1.92. The zero-order valence-corrected chi connectivity index (χ0v) is 11.8. The average Bonchev–Trinajstić information content (AvgIpc) is 2.45. The summed E-state index contributed by atoms with van der Waals surface area (Å²) in [6.45, 7) is 2.80. The molecule has 0 saturated carbocycles. The van der Waals surface area contributed by atoms with Gasteiger partial charge in [-0.3, -0.25) is 0 Å². The SMILES string of the molecule is CCC1CCNN=C1c1ccc(OC)c(OC(F)(F)F)c1. The zero-order chi connectivity index (χ0) is 15.5. The molecule has 1 N–H and O–H groups in total. The van der Waals surface area contributed by atoms with Gasteiger partial charge < -0.3 is 14.9 Å². The van der Waals surface area contributed by atoms with Crippen LogP contribution < -0.4 is 14.9 Å². The molecule has 2 rings (SSSR count). The first-order chi connectivity index (χ1) is 9.94. The van der Waals surface area contributed by atoms with E-state index in [1.54, 1.807) is 6.07 Å². The van der Waals surface area contributed by atoms with Gasteiger partial charge in [0.15, 0.2) is 11.5 Å².